The maximum Gasteiger partial charge on any atom is 0.232 e. The second-order valence-corrected chi connectivity index (χ2v) is 5.59. The van der Waals surface area contributed by atoms with E-state index in [2.05, 4.69) is 26.6 Å². The van der Waals surface area contributed by atoms with Crippen molar-refractivity contribution in [2.24, 2.45) is 5.41 Å². The molecule has 4 nitrogen and oxygen atoms in total. The number of phenolic OH excluding ortho intramolecular Hbond substituents is 1. The molecule has 0 aromatic heterocycles. The molecule has 1 aromatic carbocycles. The second kappa shape index (κ2) is 5.28. The Morgan fingerprint density at radius 3 is 3.00 bits per heavy atom. The Hall–Kier alpha value is -1.07. The van der Waals surface area contributed by atoms with Crippen molar-refractivity contribution in [1.82, 2.24) is 5.32 Å². The average molecular weight is 313 g/mol. The van der Waals surface area contributed by atoms with E-state index in [1.807, 2.05) is 6.92 Å². The fourth-order valence-electron chi connectivity index (χ4n) is 2.26. The predicted octanol–water partition coefficient (Wildman–Crippen LogP) is 2.48. The van der Waals surface area contributed by atoms with E-state index < -0.39 is 0 Å². The summed E-state index contributed by atoms with van der Waals surface area (Å²) in [7, 11) is 0. The normalized spacial score (nSPS) is 23.0. The van der Waals surface area contributed by atoms with Crippen LogP contribution in [0.1, 0.15) is 19.8 Å². The van der Waals surface area contributed by atoms with Crippen molar-refractivity contribution in [3.63, 3.8) is 0 Å². The summed E-state index contributed by atoms with van der Waals surface area (Å²) in [6, 6.07) is 5.00. The Morgan fingerprint density at radius 1 is 1.61 bits per heavy atom. The van der Waals surface area contributed by atoms with Crippen molar-refractivity contribution in [3.05, 3.63) is 22.7 Å². The van der Waals surface area contributed by atoms with Crippen LogP contribution in [0.4, 0.5) is 5.69 Å². The average Bonchev–Trinajstić information content (AvgIpc) is 2.84. The summed E-state index contributed by atoms with van der Waals surface area (Å²) < 4.78 is 0.825. The zero-order chi connectivity index (χ0) is 13.2. The van der Waals surface area contributed by atoms with Crippen LogP contribution in [0.2, 0.25) is 0 Å². The lowest BCUT2D eigenvalue weighted by Crippen LogP contribution is -2.37. The molecule has 1 amide bonds. The number of hydrogen-bond donors (Lipinski definition) is 3. The molecule has 0 spiro atoms. The highest BCUT2D eigenvalue weighted by Gasteiger charge is 2.39. The van der Waals surface area contributed by atoms with Crippen LogP contribution in [0.5, 0.6) is 5.75 Å². The predicted molar refractivity (Wildman–Crippen MR) is 74.6 cm³/mol. The summed E-state index contributed by atoms with van der Waals surface area (Å²) in [6.45, 7) is 3.59. The van der Waals surface area contributed by atoms with Crippen molar-refractivity contribution in [2.75, 3.05) is 18.4 Å². The number of halogens is 1. The summed E-state index contributed by atoms with van der Waals surface area (Å²) in [4.78, 5) is 12.4. The molecule has 1 aliphatic rings. The SMILES string of the molecule is CCC1(C(=O)Nc2cc(Br)ccc2O)CCNC1. The van der Waals surface area contributed by atoms with Gasteiger partial charge in [-0.15, -0.1) is 0 Å². The largest absolute Gasteiger partial charge is 0.506 e. The van der Waals surface area contributed by atoms with Crippen molar-refractivity contribution >= 4 is 27.5 Å². The molecule has 0 saturated carbocycles. The minimum absolute atomic E-state index is 0.0246. The molecule has 3 N–H and O–H groups in total. The molecule has 1 aromatic rings. The van der Waals surface area contributed by atoms with Gasteiger partial charge >= 0.3 is 0 Å². The summed E-state index contributed by atoms with van der Waals surface area (Å²) in [5, 5.41) is 15.8. The van der Waals surface area contributed by atoms with Gasteiger partial charge in [0, 0.05) is 11.0 Å². The molecule has 0 aliphatic carbocycles. The van der Waals surface area contributed by atoms with E-state index >= 15 is 0 Å². The topological polar surface area (TPSA) is 61.4 Å². The van der Waals surface area contributed by atoms with Crippen LogP contribution in [0.3, 0.4) is 0 Å². The number of benzene rings is 1. The number of carbonyl (C=O) groups excluding carboxylic acids is 1. The van der Waals surface area contributed by atoms with Crippen molar-refractivity contribution in [2.45, 2.75) is 19.8 Å². The molecule has 0 radical (unpaired) electrons. The van der Waals surface area contributed by atoms with Crippen LogP contribution >= 0.6 is 15.9 Å². The smallest absolute Gasteiger partial charge is 0.232 e. The van der Waals surface area contributed by atoms with Crippen molar-refractivity contribution < 1.29 is 9.90 Å². The quantitative estimate of drug-likeness (QED) is 0.751. The lowest BCUT2D eigenvalue weighted by Gasteiger charge is -2.25. The first-order valence-electron chi connectivity index (χ1n) is 6.08. The number of hydrogen-bond acceptors (Lipinski definition) is 3. The number of rotatable bonds is 3. The number of aromatic hydroxyl groups is 1. The van der Waals surface area contributed by atoms with E-state index in [1.54, 1.807) is 18.2 Å². The molecule has 1 saturated heterocycles. The van der Waals surface area contributed by atoms with E-state index in [4.69, 9.17) is 0 Å². The van der Waals surface area contributed by atoms with Crippen molar-refractivity contribution in [1.29, 1.82) is 0 Å². The molecule has 18 heavy (non-hydrogen) atoms. The fourth-order valence-corrected chi connectivity index (χ4v) is 2.62. The summed E-state index contributed by atoms with van der Waals surface area (Å²) in [5.41, 5.74) is 0.100. The molecule has 1 unspecified atom stereocenters. The molecular weight excluding hydrogens is 296 g/mol. The Labute approximate surface area is 115 Å². The zero-order valence-corrected chi connectivity index (χ0v) is 11.9. The fraction of sp³-hybridized carbons (Fsp3) is 0.462. The van der Waals surface area contributed by atoms with Gasteiger partial charge in [0.2, 0.25) is 5.91 Å². The summed E-state index contributed by atoms with van der Waals surface area (Å²) in [5.74, 6) is 0.0622. The van der Waals surface area contributed by atoms with Gasteiger partial charge in [-0.05, 0) is 37.6 Å². The maximum atomic E-state index is 12.4. The van der Waals surface area contributed by atoms with Crippen LogP contribution in [0, 0.1) is 5.41 Å². The number of nitrogens with one attached hydrogen (secondary N) is 2. The minimum Gasteiger partial charge on any atom is -0.506 e. The number of phenols is 1. The van der Waals surface area contributed by atoms with Gasteiger partial charge in [-0.1, -0.05) is 22.9 Å². The molecule has 5 heteroatoms. The maximum absolute atomic E-state index is 12.4. The van der Waals surface area contributed by atoms with E-state index in [0.29, 0.717) is 12.2 Å². The van der Waals surface area contributed by atoms with Gasteiger partial charge in [-0.3, -0.25) is 4.79 Å². The third kappa shape index (κ3) is 2.52. The zero-order valence-electron chi connectivity index (χ0n) is 10.3. The van der Waals surface area contributed by atoms with E-state index in [9.17, 15) is 9.90 Å². The van der Waals surface area contributed by atoms with Crippen LogP contribution < -0.4 is 10.6 Å². The third-order valence-corrected chi connectivity index (χ3v) is 4.10. The molecule has 98 valence electrons. The van der Waals surface area contributed by atoms with Gasteiger partial charge in [-0.25, -0.2) is 0 Å². The standard InChI is InChI=1S/C13H17BrN2O2/c1-2-13(5-6-15-8-13)12(18)16-10-7-9(14)3-4-11(10)17/h3-4,7,15,17H,2,5-6,8H2,1H3,(H,16,18). The molecule has 1 atom stereocenters. The Bertz CT molecular complexity index is 456. The second-order valence-electron chi connectivity index (χ2n) is 4.68. The monoisotopic (exact) mass is 312 g/mol. The Morgan fingerprint density at radius 2 is 2.39 bits per heavy atom. The lowest BCUT2D eigenvalue weighted by atomic mass is 9.83. The molecule has 1 heterocycles. The Kier molecular flexibility index (Phi) is 3.92. The summed E-state index contributed by atoms with van der Waals surface area (Å²) in [6.07, 6.45) is 1.63. The van der Waals surface area contributed by atoms with E-state index in [0.717, 1.165) is 23.9 Å². The van der Waals surface area contributed by atoms with Gasteiger partial charge in [0.25, 0.3) is 0 Å². The van der Waals surface area contributed by atoms with Crippen LogP contribution in [-0.4, -0.2) is 24.1 Å². The molecule has 0 bridgehead atoms. The Balaban J connectivity index is 2.18. The van der Waals surface area contributed by atoms with Crippen molar-refractivity contribution in [3.8, 4) is 5.75 Å². The minimum atomic E-state index is -0.352. The van der Waals surface area contributed by atoms with Gasteiger partial charge in [-0.2, -0.15) is 0 Å². The van der Waals surface area contributed by atoms with E-state index in [1.165, 1.54) is 0 Å². The van der Waals surface area contributed by atoms with Gasteiger partial charge in [0.1, 0.15) is 5.75 Å². The molecule has 1 fully saturated rings. The van der Waals surface area contributed by atoms with E-state index in [-0.39, 0.29) is 17.1 Å². The van der Waals surface area contributed by atoms with Gasteiger partial charge in [0.15, 0.2) is 0 Å². The highest BCUT2D eigenvalue weighted by atomic mass is 79.9. The third-order valence-electron chi connectivity index (χ3n) is 3.61. The van der Waals surface area contributed by atoms with Crippen LogP contribution in [-0.2, 0) is 4.79 Å². The van der Waals surface area contributed by atoms with Crippen LogP contribution in [0.25, 0.3) is 0 Å². The molecule has 2 rings (SSSR count). The molecular formula is C13H17BrN2O2. The highest BCUT2D eigenvalue weighted by molar-refractivity contribution is 9.10. The molecule has 1 aliphatic heterocycles. The highest BCUT2D eigenvalue weighted by Crippen LogP contribution is 2.33. The number of carbonyl (C=O) groups is 1. The first kappa shape index (κ1) is 13.4. The summed E-state index contributed by atoms with van der Waals surface area (Å²) >= 11 is 3.33. The number of amides is 1. The first-order chi connectivity index (χ1) is 8.57. The first-order valence-corrected chi connectivity index (χ1v) is 6.87. The number of anilines is 1. The van der Waals surface area contributed by atoms with Gasteiger partial charge < -0.3 is 15.7 Å². The lowest BCUT2D eigenvalue weighted by molar-refractivity contribution is -0.124. The van der Waals surface area contributed by atoms with Gasteiger partial charge in [0.05, 0.1) is 11.1 Å². The van der Waals surface area contributed by atoms with Crippen LogP contribution in [0.15, 0.2) is 22.7 Å².